The number of hydrogen-bond donors (Lipinski definition) is 2. The molecule has 2 rings (SSSR count). The average molecular weight is 378 g/mol. The van der Waals surface area contributed by atoms with Crippen LogP contribution < -0.4 is 15.4 Å². The van der Waals surface area contributed by atoms with Gasteiger partial charge in [0.2, 0.25) is 5.91 Å². The van der Waals surface area contributed by atoms with Crippen molar-refractivity contribution in [2.45, 2.75) is 19.4 Å². The molecule has 138 valence electrons. The van der Waals surface area contributed by atoms with E-state index >= 15 is 0 Å². The van der Waals surface area contributed by atoms with Crippen molar-refractivity contribution in [2.75, 3.05) is 19.0 Å². The van der Waals surface area contributed by atoms with E-state index in [1.807, 2.05) is 31.2 Å². The van der Waals surface area contributed by atoms with Gasteiger partial charge in [-0.25, -0.2) is 0 Å². The van der Waals surface area contributed by atoms with E-state index < -0.39 is 4.92 Å². The molecule has 0 fully saturated rings. The summed E-state index contributed by atoms with van der Waals surface area (Å²) in [6, 6.07) is 11.7. The molecule has 2 aromatic rings. The largest absolute Gasteiger partial charge is 0.496 e. The molecule has 0 aliphatic carbocycles. The van der Waals surface area contributed by atoms with Crippen LogP contribution in [-0.2, 0) is 4.79 Å². The number of benzene rings is 2. The summed E-state index contributed by atoms with van der Waals surface area (Å²) < 4.78 is 4.97. The summed E-state index contributed by atoms with van der Waals surface area (Å²) >= 11 is 6.15. The van der Waals surface area contributed by atoms with Crippen LogP contribution in [0.3, 0.4) is 0 Å². The number of hydrogen-bond acceptors (Lipinski definition) is 5. The molecule has 0 aliphatic heterocycles. The minimum absolute atomic E-state index is 0.0215. The maximum Gasteiger partial charge on any atom is 0.296 e. The predicted octanol–water partition coefficient (Wildman–Crippen LogP) is 3.94. The Hall–Kier alpha value is -2.64. The molecule has 1 unspecified atom stereocenters. The van der Waals surface area contributed by atoms with Crippen LogP contribution in [-0.4, -0.2) is 24.5 Å². The molecule has 7 nitrogen and oxygen atoms in total. The van der Waals surface area contributed by atoms with Gasteiger partial charge in [0.05, 0.1) is 18.1 Å². The van der Waals surface area contributed by atoms with Crippen LogP contribution in [0, 0.1) is 10.1 Å². The Morgan fingerprint density at radius 3 is 2.69 bits per heavy atom. The summed E-state index contributed by atoms with van der Waals surface area (Å²) in [5.74, 6) is 0.0297. The highest BCUT2D eigenvalue weighted by Crippen LogP contribution is 2.29. The standard InChI is InChI=1S/C18H20ClN3O4/c1-12(14-5-3-4-6-15(14)19)20-10-9-18(23)21-16-8-7-13(26-2)11-17(16)22(24)25/h3-8,11-12,20H,9-10H2,1-2H3,(H,21,23). The minimum Gasteiger partial charge on any atom is -0.496 e. The molecule has 0 radical (unpaired) electrons. The second kappa shape index (κ2) is 9.17. The van der Waals surface area contributed by atoms with E-state index in [-0.39, 0.29) is 29.7 Å². The summed E-state index contributed by atoms with van der Waals surface area (Å²) in [5, 5.41) is 17.6. The van der Waals surface area contributed by atoms with Crippen molar-refractivity contribution in [1.82, 2.24) is 5.32 Å². The zero-order valence-electron chi connectivity index (χ0n) is 14.5. The number of nitro groups is 1. The summed E-state index contributed by atoms with van der Waals surface area (Å²) in [5.41, 5.74) is 0.871. The first kappa shape index (κ1) is 19.7. The first-order chi connectivity index (χ1) is 12.4. The molecule has 0 heterocycles. The summed E-state index contributed by atoms with van der Waals surface area (Å²) in [6.07, 6.45) is 0.165. The number of amides is 1. The van der Waals surface area contributed by atoms with Crippen LogP contribution in [0.15, 0.2) is 42.5 Å². The number of carbonyl (C=O) groups is 1. The van der Waals surface area contributed by atoms with Gasteiger partial charge in [0, 0.05) is 24.0 Å². The van der Waals surface area contributed by atoms with E-state index in [1.54, 1.807) is 6.07 Å². The Morgan fingerprint density at radius 2 is 2.04 bits per heavy atom. The predicted molar refractivity (Wildman–Crippen MR) is 101 cm³/mol. The third-order valence-corrected chi connectivity index (χ3v) is 4.19. The van der Waals surface area contributed by atoms with Gasteiger partial charge in [0.15, 0.2) is 0 Å². The Bertz CT molecular complexity index is 798. The molecule has 26 heavy (non-hydrogen) atoms. The number of carbonyl (C=O) groups excluding carboxylic acids is 1. The van der Waals surface area contributed by atoms with Crippen molar-refractivity contribution in [2.24, 2.45) is 0 Å². The zero-order chi connectivity index (χ0) is 19.1. The molecule has 8 heteroatoms. The second-order valence-corrected chi connectivity index (χ2v) is 6.04. The van der Waals surface area contributed by atoms with Crippen LogP contribution in [0.5, 0.6) is 5.75 Å². The molecule has 2 N–H and O–H groups in total. The topological polar surface area (TPSA) is 93.5 Å². The molecular formula is C18H20ClN3O4. The highest BCUT2D eigenvalue weighted by molar-refractivity contribution is 6.31. The Labute approximate surface area is 156 Å². The van der Waals surface area contributed by atoms with Crippen molar-refractivity contribution < 1.29 is 14.5 Å². The number of nitro benzene ring substituents is 1. The number of halogens is 1. The molecular weight excluding hydrogens is 358 g/mol. The molecule has 2 aromatic carbocycles. The van der Waals surface area contributed by atoms with Crippen molar-refractivity contribution >= 4 is 28.9 Å². The van der Waals surface area contributed by atoms with E-state index in [4.69, 9.17) is 16.3 Å². The van der Waals surface area contributed by atoms with Crippen LogP contribution in [0.2, 0.25) is 5.02 Å². The SMILES string of the molecule is COc1ccc(NC(=O)CCNC(C)c2ccccc2Cl)c([N+](=O)[O-])c1. The molecule has 0 saturated carbocycles. The maximum absolute atomic E-state index is 12.1. The Kier molecular flexibility index (Phi) is 6.94. The normalized spacial score (nSPS) is 11.7. The molecule has 1 atom stereocenters. The maximum atomic E-state index is 12.1. The monoisotopic (exact) mass is 377 g/mol. The summed E-state index contributed by atoms with van der Waals surface area (Å²) in [6.45, 7) is 2.36. The lowest BCUT2D eigenvalue weighted by Crippen LogP contribution is -2.24. The number of anilines is 1. The highest BCUT2D eigenvalue weighted by Gasteiger charge is 2.17. The van der Waals surface area contributed by atoms with Gasteiger partial charge in [-0.1, -0.05) is 29.8 Å². The average Bonchev–Trinajstić information content (AvgIpc) is 2.62. The van der Waals surface area contributed by atoms with Gasteiger partial charge in [0.1, 0.15) is 11.4 Å². The lowest BCUT2D eigenvalue weighted by molar-refractivity contribution is -0.384. The summed E-state index contributed by atoms with van der Waals surface area (Å²) in [4.78, 5) is 22.7. The van der Waals surface area contributed by atoms with Crippen LogP contribution in [0.1, 0.15) is 24.9 Å². The number of nitrogens with one attached hydrogen (secondary N) is 2. The highest BCUT2D eigenvalue weighted by atomic mass is 35.5. The van der Waals surface area contributed by atoms with E-state index in [0.29, 0.717) is 17.3 Å². The first-order valence-electron chi connectivity index (χ1n) is 8.02. The van der Waals surface area contributed by atoms with Gasteiger partial charge >= 0.3 is 0 Å². The van der Waals surface area contributed by atoms with Crippen molar-refractivity contribution in [3.05, 3.63) is 63.2 Å². The Morgan fingerprint density at radius 1 is 1.31 bits per heavy atom. The molecule has 0 spiro atoms. The second-order valence-electron chi connectivity index (χ2n) is 5.64. The quantitative estimate of drug-likeness (QED) is 0.537. The third kappa shape index (κ3) is 5.18. The number of methoxy groups -OCH3 is 1. The molecule has 1 amide bonds. The molecule has 0 saturated heterocycles. The molecule has 0 aromatic heterocycles. The third-order valence-electron chi connectivity index (χ3n) is 3.85. The van der Waals surface area contributed by atoms with E-state index in [9.17, 15) is 14.9 Å². The van der Waals surface area contributed by atoms with E-state index in [1.165, 1.54) is 19.2 Å². The van der Waals surface area contributed by atoms with Gasteiger partial charge in [-0.05, 0) is 30.7 Å². The first-order valence-corrected chi connectivity index (χ1v) is 8.40. The zero-order valence-corrected chi connectivity index (χ0v) is 15.2. The fourth-order valence-corrected chi connectivity index (χ4v) is 2.75. The fourth-order valence-electron chi connectivity index (χ4n) is 2.45. The van der Waals surface area contributed by atoms with Crippen LogP contribution in [0.25, 0.3) is 0 Å². The Balaban J connectivity index is 1.91. The van der Waals surface area contributed by atoms with Crippen molar-refractivity contribution in [3.63, 3.8) is 0 Å². The van der Waals surface area contributed by atoms with Gasteiger partial charge in [-0.3, -0.25) is 14.9 Å². The number of ether oxygens (including phenoxy) is 1. The lowest BCUT2D eigenvalue weighted by atomic mass is 10.1. The van der Waals surface area contributed by atoms with Gasteiger partial charge in [-0.15, -0.1) is 0 Å². The van der Waals surface area contributed by atoms with E-state index in [2.05, 4.69) is 10.6 Å². The van der Waals surface area contributed by atoms with Crippen LogP contribution >= 0.6 is 11.6 Å². The summed E-state index contributed by atoms with van der Waals surface area (Å²) in [7, 11) is 1.42. The van der Waals surface area contributed by atoms with Gasteiger partial charge in [-0.2, -0.15) is 0 Å². The number of rotatable bonds is 8. The van der Waals surface area contributed by atoms with Crippen LogP contribution in [0.4, 0.5) is 11.4 Å². The van der Waals surface area contributed by atoms with E-state index in [0.717, 1.165) is 5.56 Å². The van der Waals surface area contributed by atoms with Crippen molar-refractivity contribution in [1.29, 1.82) is 0 Å². The molecule has 0 aliphatic rings. The van der Waals surface area contributed by atoms with Crippen molar-refractivity contribution in [3.8, 4) is 5.75 Å². The van der Waals surface area contributed by atoms with Gasteiger partial charge in [0.25, 0.3) is 5.69 Å². The van der Waals surface area contributed by atoms with Gasteiger partial charge < -0.3 is 15.4 Å². The lowest BCUT2D eigenvalue weighted by Gasteiger charge is -2.15. The number of nitrogens with zero attached hydrogens (tertiary/aromatic N) is 1. The fraction of sp³-hybridized carbons (Fsp3) is 0.278. The molecule has 0 bridgehead atoms. The smallest absolute Gasteiger partial charge is 0.296 e. The minimum atomic E-state index is -0.560.